The Morgan fingerprint density at radius 2 is 1.81 bits per heavy atom. The molecule has 140 valence electrons. The zero-order valence-corrected chi connectivity index (χ0v) is 15.5. The first kappa shape index (κ1) is 19.2. The van der Waals surface area contributed by atoms with E-state index in [4.69, 9.17) is 0 Å². The molecule has 1 atom stereocenters. The average Bonchev–Trinajstić information content (AvgIpc) is 2.67. The Kier molecular flexibility index (Phi) is 5.95. The van der Waals surface area contributed by atoms with E-state index < -0.39 is 11.7 Å². The molecule has 2 aromatic rings. The van der Waals surface area contributed by atoms with Gasteiger partial charge in [-0.25, -0.2) is 0 Å². The number of anilines is 1. The van der Waals surface area contributed by atoms with Crippen molar-refractivity contribution in [3.8, 4) is 11.8 Å². The Hall–Kier alpha value is -2.61. The molecule has 1 aliphatic carbocycles. The molecule has 0 unspecified atom stereocenters. The van der Waals surface area contributed by atoms with Crippen LogP contribution in [0, 0.1) is 11.8 Å². The van der Waals surface area contributed by atoms with Crippen LogP contribution in [0.25, 0.3) is 0 Å². The summed E-state index contributed by atoms with van der Waals surface area (Å²) in [6.07, 6.45) is 4.06. The first-order valence-electron chi connectivity index (χ1n) is 9.40. The smallest absolute Gasteiger partial charge is 0.255 e. The lowest BCUT2D eigenvalue weighted by atomic mass is 9.85. The molecule has 0 radical (unpaired) electrons. The van der Waals surface area contributed by atoms with Crippen molar-refractivity contribution in [2.24, 2.45) is 0 Å². The molecule has 1 fully saturated rings. The van der Waals surface area contributed by atoms with Crippen molar-refractivity contribution in [3.63, 3.8) is 0 Å². The van der Waals surface area contributed by atoms with Gasteiger partial charge in [-0.15, -0.1) is 0 Å². The molecule has 3 N–H and O–H groups in total. The minimum Gasteiger partial charge on any atom is -0.389 e. The summed E-state index contributed by atoms with van der Waals surface area (Å²) in [7, 11) is 0. The number of benzene rings is 2. The summed E-state index contributed by atoms with van der Waals surface area (Å²) in [5.41, 5.74) is 1.82. The minimum absolute atomic E-state index is 0.219. The van der Waals surface area contributed by atoms with Crippen molar-refractivity contribution in [1.29, 1.82) is 0 Å². The second kappa shape index (κ2) is 8.39. The Bertz CT molecular complexity index is 853. The number of nitrogens with one attached hydrogen (secondary N) is 1. The third-order valence-electron chi connectivity index (χ3n) is 4.89. The predicted molar refractivity (Wildman–Crippen MR) is 106 cm³/mol. The van der Waals surface area contributed by atoms with Crippen molar-refractivity contribution < 1.29 is 15.0 Å². The highest BCUT2D eigenvalue weighted by atomic mass is 16.3. The van der Waals surface area contributed by atoms with Gasteiger partial charge in [-0.3, -0.25) is 4.79 Å². The third kappa shape index (κ3) is 5.19. The Morgan fingerprint density at radius 1 is 1.11 bits per heavy atom. The van der Waals surface area contributed by atoms with Crippen LogP contribution >= 0.6 is 0 Å². The molecule has 3 rings (SSSR count). The van der Waals surface area contributed by atoms with Crippen LogP contribution in [0.5, 0.6) is 0 Å². The minimum atomic E-state index is -0.872. The Morgan fingerprint density at radius 3 is 2.48 bits per heavy atom. The van der Waals surface area contributed by atoms with Gasteiger partial charge in [0.15, 0.2) is 0 Å². The van der Waals surface area contributed by atoms with E-state index in [0.717, 1.165) is 43.2 Å². The number of aliphatic hydroxyl groups is 2. The summed E-state index contributed by atoms with van der Waals surface area (Å²) < 4.78 is 0. The quantitative estimate of drug-likeness (QED) is 0.721. The van der Waals surface area contributed by atoms with Crippen LogP contribution < -0.4 is 5.32 Å². The van der Waals surface area contributed by atoms with Crippen molar-refractivity contribution in [1.82, 2.24) is 0 Å². The topological polar surface area (TPSA) is 69.6 Å². The Balaban J connectivity index is 1.66. The van der Waals surface area contributed by atoms with E-state index in [2.05, 4.69) is 17.2 Å². The fraction of sp³-hybridized carbons (Fsp3) is 0.348. The van der Waals surface area contributed by atoms with Gasteiger partial charge in [-0.1, -0.05) is 30.4 Å². The number of carbonyl (C=O) groups is 1. The molecule has 1 saturated carbocycles. The van der Waals surface area contributed by atoms with Crippen molar-refractivity contribution in [2.75, 3.05) is 5.32 Å². The maximum absolute atomic E-state index is 12.4. The zero-order chi connectivity index (χ0) is 19.3. The van der Waals surface area contributed by atoms with Gasteiger partial charge in [0.25, 0.3) is 5.91 Å². The molecule has 0 aromatic heterocycles. The molecular weight excluding hydrogens is 338 g/mol. The highest BCUT2D eigenvalue weighted by Gasteiger charge is 2.26. The highest BCUT2D eigenvalue weighted by Crippen LogP contribution is 2.27. The molecule has 4 nitrogen and oxygen atoms in total. The zero-order valence-electron chi connectivity index (χ0n) is 15.5. The lowest BCUT2D eigenvalue weighted by Gasteiger charge is -2.26. The Labute approximate surface area is 160 Å². The second-order valence-corrected chi connectivity index (χ2v) is 7.18. The van der Waals surface area contributed by atoms with Gasteiger partial charge in [-0.2, -0.15) is 0 Å². The monoisotopic (exact) mass is 363 g/mol. The van der Waals surface area contributed by atoms with Gasteiger partial charge in [0.2, 0.25) is 0 Å². The number of hydrogen-bond donors (Lipinski definition) is 3. The summed E-state index contributed by atoms with van der Waals surface area (Å²) in [4.78, 5) is 12.4. The molecular formula is C23H25NO3. The summed E-state index contributed by atoms with van der Waals surface area (Å²) >= 11 is 0. The van der Waals surface area contributed by atoms with Gasteiger partial charge in [0.05, 0.1) is 6.10 Å². The maximum atomic E-state index is 12.4. The van der Waals surface area contributed by atoms with Gasteiger partial charge >= 0.3 is 0 Å². The number of hydrogen-bond acceptors (Lipinski definition) is 3. The van der Waals surface area contributed by atoms with Gasteiger partial charge in [-0.05, 0) is 74.6 Å². The molecule has 0 spiro atoms. The van der Waals surface area contributed by atoms with Crippen molar-refractivity contribution in [3.05, 3.63) is 65.2 Å². The SMILES string of the molecule is C[C@@H](O)c1cccc(NC(=O)c2ccc(C#CC3(O)CCCCC3)cc2)c1. The third-order valence-corrected chi connectivity index (χ3v) is 4.89. The summed E-state index contributed by atoms with van der Waals surface area (Å²) in [6.45, 7) is 1.69. The van der Waals surface area contributed by atoms with E-state index in [9.17, 15) is 15.0 Å². The molecule has 0 aliphatic heterocycles. The second-order valence-electron chi connectivity index (χ2n) is 7.18. The molecule has 2 aromatic carbocycles. The first-order chi connectivity index (χ1) is 13.0. The largest absolute Gasteiger partial charge is 0.389 e. The van der Waals surface area contributed by atoms with Crippen LogP contribution in [0.1, 0.15) is 66.6 Å². The maximum Gasteiger partial charge on any atom is 0.255 e. The number of amides is 1. The number of carbonyl (C=O) groups excluding carboxylic acids is 1. The highest BCUT2D eigenvalue weighted by molar-refractivity contribution is 6.04. The fourth-order valence-corrected chi connectivity index (χ4v) is 3.23. The van der Waals surface area contributed by atoms with E-state index in [-0.39, 0.29) is 5.91 Å². The normalized spacial score (nSPS) is 16.7. The van der Waals surface area contributed by atoms with Gasteiger partial charge < -0.3 is 15.5 Å². The predicted octanol–water partition coefficient (Wildman–Crippen LogP) is 4.04. The van der Waals surface area contributed by atoms with Crippen LogP contribution in [0.4, 0.5) is 5.69 Å². The van der Waals surface area contributed by atoms with Gasteiger partial charge in [0.1, 0.15) is 5.60 Å². The van der Waals surface area contributed by atoms with Gasteiger partial charge in [0, 0.05) is 16.8 Å². The van der Waals surface area contributed by atoms with Crippen LogP contribution in [-0.2, 0) is 0 Å². The van der Waals surface area contributed by atoms with Crippen LogP contribution in [-0.4, -0.2) is 21.7 Å². The van der Waals surface area contributed by atoms with E-state index in [1.807, 2.05) is 6.07 Å². The van der Waals surface area contributed by atoms with Crippen LogP contribution in [0.3, 0.4) is 0 Å². The number of aliphatic hydroxyl groups excluding tert-OH is 1. The lowest BCUT2D eigenvalue weighted by molar-refractivity contribution is 0.0610. The van der Waals surface area contributed by atoms with E-state index >= 15 is 0 Å². The summed E-state index contributed by atoms with van der Waals surface area (Å²) in [5.74, 6) is 5.81. The molecule has 0 bridgehead atoms. The molecule has 1 amide bonds. The number of rotatable bonds is 3. The first-order valence-corrected chi connectivity index (χ1v) is 9.40. The summed E-state index contributed by atoms with van der Waals surface area (Å²) in [5, 5.41) is 22.9. The van der Waals surface area contributed by atoms with Crippen molar-refractivity contribution >= 4 is 11.6 Å². The molecule has 0 heterocycles. The molecule has 27 heavy (non-hydrogen) atoms. The standard InChI is InChI=1S/C23H25NO3/c1-17(25)20-6-5-7-21(16-20)24-22(26)19-10-8-18(9-11-19)12-15-23(27)13-3-2-4-14-23/h5-11,16-17,25,27H,2-4,13-14H2,1H3,(H,24,26)/t17-/m1/s1. The molecule has 4 heteroatoms. The molecule has 1 aliphatic rings. The fourth-order valence-electron chi connectivity index (χ4n) is 3.23. The van der Waals surface area contributed by atoms with Crippen LogP contribution in [0.15, 0.2) is 48.5 Å². The lowest BCUT2D eigenvalue weighted by Crippen LogP contribution is -2.29. The molecule has 0 saturated heterocycles. The summed E-state index contributed by atoms with van der Waals surface area (Å²) in [6, 6.07) is 14.2. The van der Waals surface area contributed by atoms with Crippen LogP contribution in [0.2, 0.25) is 0 Å². The van der Waals surface area contributed by atoms with E-state index in [1.165, 1.54) is 0 Å². The van der Waals surface area contributed by atoms with E-state index in [0.29, 0.717) is 11.3 Å². The average molecular weight is 363 g/mol. The van der Waals surface area contributed by atoms with Crippen molar-refractivity contribution in [2.45, 2.75) is 50.7 Å². The van der Waals surface area contributed by atoms with E-state index in [1.54, 1.807) is 49.4 Å².